The van der Waals surface area contributed by atoms with Gasteiger partial charge in [0.05, 0.1) is 11.7 Å². The lowest BCUT2D eigenvalue weighted by molar-refractivity contribution is 0.120. The van der Waals surface area contributed by atoms with Gasteiger partial charge in [-0.05, 0) is 58.0 Å². The average Bonchev–Trinajstić information content (AvgIpc) is 2.66. The number of rotatable bonds is 3. The summed E-state index contributed by atoms with van der Waals surface area (Å²) in [7, 11) is -4.10. The summed E-state index contributed by atoms with van der Waals surface area (Å²) in [5.74, 6) is 0. The van der Waals surface area contributed by atoms with E-state index in [1.54, 1.807) is 0 Å². The summed E-state index contributed by atoms with van der Waals surface area (Å²) in [6.07, 6.45) is 3.18. The molecule has 0 saturated carbocycles. The van der Waals surface area contributed by atoms with Crippen LogP contribution < -0.4 is 11.1 Å². The molecule has 3 saturated heterocycles. The molecule has 0 spiro atoms. The van der Waals surface area contributed by atoms with Gasteiger partial charge in [-0.1, -0.05) is 0 Å². The van der Waals surface area contributed by atoms with Gasteiger partial charge in [0.2, 0.25) is 0 Å². The fourth-order valence-corrected chi connectivity index (χ4v) is 6.35. The van der Waals surface area contributed by atoms with E-state index in [2.05, 4.69) is 5.32 Å². The molecule has 3 rings (SSSR count). The smallest absolute Gasteiger partial charge is 0.422 e. The van der Waals surface area contributed by atoms with Crippen molar-refractivity contribution in [2.75, 3.05) is 13.1 Å². The number of hydrogen-bond acceptors (Lipinski definition) is 5. The molecule has 3 fully saturated rings. The molecule has 3 heterocycles. The topological polar surface area (TPSA) is 116 Å². The number of nitrogens with one attached hydrogen (secondary N) is 1. The summed E-state index contributed by atoms with van der Waals surface area (Å²) < 4.78 is 28.1. The first kappa shape index (κ1) is 16.0. The number of carboxylic acid groups (broad SMARTS) is 1. The minimum atomic E-state index is -4.10. The maximum absolute atomic E-state index is 13.1. The summed E-state index contributed by atoms with van der Waals surface area (Å²) in [6, 6.07) is -0.666. The van der Waals surface area contributed by atoms with Crippen molar-refractivity contribution in [2.45, 2.75) is 62.7 Å². The van der Waals surface area contributed by atoms with Crippen LogP contribution in [0.2, 0.25) is 0 Å². The zero-order chi connectivity index (χ0) is 16.0. The molecule has 22 heavy (non-hydrogen) atoms. The Balaban J connectivity index is 1.94. The van der Waals surface area contributed by atoms with Crippen molar-refractivity contribution >= 4 is 16.3 Å². The zero-order valence-corrected chi connectivity index (χ0v) is 13.4. The highest BCUT2D eigenvalue weighted by Crippen LogP contribution is 2.43. The van der Waals surface area contributed by atoms with Crippen LogP contribution in [0.1, 0.15) is 44.9 Å². The molecule has 8 nitrogen and oxygen atoms in total. The number of nitrogens with zero attached hydrogens (tertiary/aromatic N) is 2. The number of fused-ring (bicyclic) bond motifs is 2. The van der Waals surface area contributed by atoms with Crippen molar-refractivity contribution in [1.82, 2.24) is 13.9 Å². The molecule has 0 aromatic rings. The van der Waals surface area contributed by atoms with E-state index in [0.717, 1.165) is 19.3 Å². The molecule has 0 aromatic heterocycles. The van der Waals surface area contributed by atoms with Gasteiger partial charge in [-0.2, -0.15) is 17.0 Å². The molecule has 4 N–H and O–H groups in total. The Morgan fingerprint density at radius 2 is 1.91 bits per heavy atom. The Morgan fingerprint density at radius 3 is 2.50 bits per heavy atom. The molecule has 0 radical (unpaired) electrons. The van der Waals surface area contributed by atoms with Crippen LogP contribution in [0, 0.1) is 0 Å². The first-order chi connectivity index (χ1) is 10.4. The van der Waals surface area contributed by atoms with E-state index >= 15 is 0 Å². The maximum atomic E-state index is 13.1. The van der Waals surface area contributed by atoms with Crippen LogP contribution in [0.4, 0.5) is 4.79 Å². The van der Waals surface area contributed by atoms with E-state index in [1.165, 1.54) is 4.31 Å². The fraction of sp³-hybridized carbons (Fsp3) is 0.923. The van der Waals surface area contributed by atoms with Gasteiger partial charge in [-0.3, -0.25) is 0 Å². The second-order valence-electron chi connectivity index (χ2n) is 6.55. The molecular formula is C13H24N4O4S. The van der Waals surface area contributed by atoms with Gasteiger partial charge in [0.15, 0.2) is 0 Å². The molecule has 1 amide bonds. The van der Waals surface area contributed by atoms with E-state index in [0.29, 0.717) is 43.1 Å². The number of nitrogens with two attached hydrogens (primary N) is 1. The van der Waals surface area contributed by atoms with Crippen LogP contribution in [-0.2, 0) is 10.2 Å². The van der Waals surface area contributed by atoms with Gasteiger partial charge in [0.1, 0.15) is 0 Å². The second-order valence-corrected chi connectivity index (χ2v) is 8.23. The Labute approximate surface area is 130 Å². The third-order valence-corrected chi connectivity index (χ3v) is 7.26. The van der Waals surface area contributed by atoms with Crippen molar-refractivity contribution < 1.29 is 18.3 Å². The minimum Gasteiger partial charge on any atom is -0.464 e. The summed E-state index contributed by atoms with van der Waals surface area (Å²) in [6.45, 7) is 1.25. The zero-order valence-electron chi connectivity index (χ0n) is 12.6. The molecule has 3 aliphatic heterocycles. The Kier molecular flexibility index (Phi) is 4.09. The molecule has 9 heteroatoms. The van der Waals surface area contributed by atoms with E-state index < -0.39 is 28.0 Å². The van der Waals surface area contributed by atoms with E-state index in [4.69, 9.17) is 5.73 Å². The normalized spacial score (nSPS) is 33.8. The quantitative estimate of drug-likeness (QED) is 0.683. The average molecular weight is 332 g/mol. The molecule has 2 unspecified atom stereocenters. The lowest BCUT2D eigenvalue weighted by atomic mass is 10.0. The molecule has 2 bridgehead atoms. The molecular weight excluding hydrogens is 308 g/mol. The standard InChI is InChI=1S/C13H24N4O4S/c14-13-6-1-2-11(3-7-13)17(13)22(20,21)16(12(18)19)10-4-8-15-9-5-10/h10-11,15H,1-9,14H2,(H,18,19). The lowest BCUT2D eigenvalue weighted by Crippen LogP contribution is -2.64. The lowest BCUT2D eigenvalue weighted by Gasteiger charge is -2.44. The Hall–Kier alpha value is -0.900. The highest BCUT2D eigenvalue weighted by molar-refractivity contribution is 7.87. The first-order valence-electron chi connectivity index (χ1n) is 7.93. The van der Waals surface area contributed by atoms with E-state index in [-0.39, 0.29) is 6.04 Å². The minimum absolute atomic E-state index is 0.160. The fourth-order valence-electron chi connectivity index (χ4n) is 4.15. The van der Waals surface area contributed by atoms with Crippen molar-refractivity contribution in [3.8, 4) is 0 Å². The van der Waals surface area contributed by atoms with E-state index in [1.807, 2.05) is 0 Å². The Morgan fingerprint density at radius 1 is 1.23 bits per heavy atom. The molecule has 2 atom stereocenters. The van der Waals surface area contributed by atoms with Gasteiger partial charge in [0, 0.05) is 6.04 Å². The number of carbonyl (C=O) groups is 1. The van der Waals surface area contributed by atoms with Gasteiger partial charge in [-0.15, -0.1) is 0 Å². The second kappa shape index (κ2) is 5.63. The van der Waals surface area contributed by atoms with Crippen LogP contribution in [0.3, 0.4) is 0 Å². The molecule has 0 aliphatic carbocycles. The number of amides is 1. The third-order valence-electron chi connectivity index (χ3n) is 5.15. The Bertz CT molecular complexity index is 544. The third kappa shape index (κ3) is 2.49. The van der Waals surface area contributed by atoms with E-state index in [9.17, 15) is 18.3 Å². The van der Waals surface area contributed by atoms with Crippen molar-refractivity contribution in [3.05, 3.63) is 0 Å². The van der Waals surface area contributed by atoms with Gasteiger partial charge < -0.3 is 16.2 Å². The van der Waals surface area contributed by atoms with Crippen molar-refractivity contribution in [2.24, 2.45) is 5.73 Å². The van der Waals surface area contributed by atoms with Crippen LogP contribution in [0.15, 0.2) is 0 Å². The van der Waals surface area contributed by atoms with Gasteiger partial charge in [0.25, 0.3) is 0 Å². The van der Waals surface area contributed by atoms with Crippen molar-refractivity contribution in [3.63, 3.8) is 0 Å². The van der Waals surface area contributed by atoms with Crippen LogP contribution in [0.25, 0.3) is 0 Å². The number of piperidine rings is 2. The van der Waals surface area contributed by atoms with Gasteiger partial charge in [-0.25, -0.2) is 4.79 Å². The highest BCUT2D eigenvalue weighted by atomic mass is 32.2. The van der Waals surface area contributed by atoms with Crippen LogP contribution in [-0.4, -0.2) is 59.1 Å². The van der Waals surface area contributed by atoms with Gasteiger partial charge >= 0.3 is 16.3 Å². The summed E-state index contributed by atoms with van der Waals surface area (Å²) in [4.78, 5) is 11.7. The predicted octanol–water partition coefficient (Wildman–Crippen LogP) is 0.267. The molecule has 126 valence electrons. The molecule has 0 aromatic carbocycles. The first-order valence-corrected chi connectivity index (χ1v) is 9.32. The summed E-state index contributed by atoms with van der Waals surface area (Å²) >= 11 is 0. The number of hydrogen-bond donors (Lipinski definition) is 3. The highest BCUT2D eigenvalue weighted by Gasteiger charge is 2.55. The predicted molar refractivity (Wildman–Crippen MR) is 80.3 cm³/mol. The largest absolute Gasteiger partial charge is 0.464 e. The monoisotopic (exact) mass is 332 g/mol. The maximum Gasteiger partial charge on any atom is 0.422 e. The molecule has 3 aliphatic rings. The van der Waals surface area contributed by atoms with Crippen molar-refractivity contribution in [1.29, 1.82) is 0 Å². The summed E-state index contributed by atoms with van der Waals surface area (Å²) in [5, 5.41) is 12.7. The van der Waals surface area contributed by atoms with Crippen LogP contribution in [0.5, 0.6) is 0 Å². The van der Waals surface area contributed by atoms with Crippen LogP contribution >= 0.6 is 0 Å². The SMILES string of the molecule is NC12CCCC(CC1)N2S(=O)(=O)N(C(=O)O)C1CCNCC1. The summed E-state index contributed by atoms with van der Waals surface area (Å²) in [5.41, 5.74) is 5.40.